The third-order valence-electron chi connectivity index (χ3n) is 5.74. The van der Waals surface area contributed by atoms with Gasteiger partial charge in [-0.2, -0.15) is 4.31 Å². The van der Waals surface area contributed by atoms with Crippen LogP contribution in [-0.2, 0) is 16.6 Å². The Labute approximate surface area is 193 Å². The number of hydrogen-bond acceptors (Lipinski definition) is 7. The highest BCUT2D eigenvalue weighted by Gasteiger charge is 2.34. The molecule has 0 radical (unpaired) electrons. The van der Waals surface area contributed by atoms with Crippen molar-refractivity contribution in [1.29, 1.82) is 0 Å². The maximum absolute atomic E-state index is 13.0. The molecule has 178 valence electrons. The van der Waals surface area contributed by atoms with Crippen LogP contribution in [0.5, 0.6) is 0 Å². The number of rotatable bonds is 5. The Bertz CT molecular complexity index is 1520. The van der Waals surface area contributed by atoms with Crippen LogP contribution >= 0.6 is 0 Å². The van der Waals surface area contributed by atoms with Crippen molar-refractivity contribution in [1.82, 2.24) is 18.8 Å². The zero-order valence-electron chi connectivity index (χ0n) is 18.1. The fourth-order valence-electron chi connectivity index (χ4n) is 4.01. The summed E-state index contributed by atoms with van der Waals surface area (Å²) in [5.41, 5.74) is -0.854. The van der Waals surface area contributed by atoms with Crippen molar-refractivity contribution in [2.45, 2.75) is 18.4 Å². The molecule has 0 aliphatic carbocycles. The van der Waals surface area contributed by atoms with Gasteiger partial charge >= 0.3 is 11.1 Å². The molecule has 2 heterocycles. The number of nitro benzene ring substituents is 1. The van der Waals surface area contributed by atoms with Gasteiger partial charge in [0, 0.05) is 44.4 Å². The van der Waals surface area contributed by atoms with Crippen molar-refractivity contribution in [3.63, 3.8) is 0 Å². The average Bonchev–Trinajstić information content (AvgIpc) is 2.84. The van der Waals surface area contributed by atoms with Crippen LogP contribution in [0.25, 0.3) is 11.0 Å². The number of aryl methyl sites for hydroxylation is 1. The van der Waals surface area contributed by atoms with E-state index < -0.39 is 31.8 Å². The monoisotopic (exact) mass is 487 g/mol. The van der Waals surface area contributed by atoms with Gasteiger partial charge in [-0.15, -0.1) is 0 Å². The lowest BCUT2D eigenvalue weighted by Gasteiger charge is -2.34. The minimum Gasteiger partial charge on any atom is -0.336 e. The first-order chi connectivity index (χ1) is 16.1. The van der Waals surface area contributed by atoms with Crippen LogP contribution in [0.2, 0.25) is 0 Å². The number of H-pyrrole nitrogens is 1. The number of benzene rings is 2. The highest BCUT2D eigenvalue weighted by Crippen LogP contribution is 2.27. The van der Waals surface area contributed by atoms with Gasteiger partial charge in [0.15, 0.2) is 4.90 Å². The quantitative estimate of drug-likeness (QED) is 0.316. The molecule has 0 bridgehead atoms. The maximum atomic E-state index is 13.0. The van der Waals surface area contributed by atoms with E-state index in [2.05, 4.69) is 4.98 Å². The maximum Gasteiger partial charge on any atom is 0.316 e. The molecular formula is C21H21N5O7S. The Morgan fingerprint density at radius 2 is 1.76 bits per heavy atom. The highest BCUT2D eigenvalue weighted by molar-refractivity contribution is 7.89. The van der Waals surface area contributed by atoms with E-state index in [-0.39, 0.29) is 42.5 Å². The molecule has 1 aliphatic rings. The summed E-state index contributed by atoms with van der Waals surface area (Å²) in [5.74, 6) is -0.361. The fraction of sp³-hybridized carbons (Fsp3) is 0.286. The molecule has 0 unspecified atom stereocenters. The van der Waals surface area contributed by atoms with Crippen molar-refractivity contribution in [2.24, 2.45) is 0 Å². The number of aromatic amines is 1. The number of amides is 1. The Morgan fingerprint density at radius 3 is 2.41 bits per heavy atom. The van der Waals surface area contributed by atoms with E-state index in [4.69, 9.17) is 0 Å². The van der Waals surface area contributed by atoms with Crippen LogP contribution in [0, 0.1) is 10.1 Å². The van der Waals surface area contributed by atoms with Crippen LogP contribution in [0.15, 0.2) is 56.9 Å². The first-order valence-electron chi connectivity index (χ1n) is 10.4. The van der Waals surface area contributed by atoms with Crippen LogP contribution in [0.4, 0.5) is 5.69 Å². The molecule has 1 N–H and O–H groups in total. The standard InChI is InChI=1S/C21H21N5O7S/c1-2-25-16-8-7-14(13-15(16)22-19(27)21(25)29)20(28)23-9-11-24(12-10-23)34(32,33)18-6-4-3-5-17(18)26(30)31/h3-8,13H,2,9-12H2,1H3,(H,22,27). The topological polar surface area (TPSA) is 156 Å². The average molecular weight is 487 g/mol. The second-order valence-corrected chi connectivity index (χ2v) is 9.56. The summed E-state index contributed by atoms with van der Waals surface area (Å²) in [6.45, 7) is 2.14. The first kappa shape index (κ1) is 23.3. The molecule has 1 aromatic heterocycles. The SMILES string of the molecule is CCn1c(=O)c(=O)[nH]c2cc(C(=O)N3CCN(S(=O)(=O)c4ccccc4[N+](=O)[O-])CC3)ccc21. The number of fused-ring (bicyclic) bond motifs is 1. The summed E-state index contributed by atoms with van der Waals surface area (Å²) in [5, 5.41) is 11.3. The number of nitrogens with one attached hydrogen (secondary N) is 1. The molecule has 0 atom stereocenters. The smallest absolute Gasteiger partial charge is 0.316 e. The van der Waals surface area contributed by atoms with Gasteiger partial charge in [-0.05, 0) is 31.2 Å². The Kier molecular flexibility index (Phi) is 6.06. The number of nitro groups is 1. The van der Waals surface area contributed by atoms with Crippen molar-refractivity contribution >= 4 is 32.7 Å². The molecule has 1 fully saturated rings. The number of carbonyl (C=O) groups excluding carboxylic acids is 1. The molecule has 0 saturated carbocycles. The summed E-state index contributed by atoms with van der Waals surface area (Å²) in [4.78, 5) is 51.0. The number of sulfonamides is 1. The van der Waals surface area contributed by atoms with Gasteiger partial charge < -0.3 is 14.5 Å². The van der Waals surface area contributed by atoms with Crippen molar-refractivity contribution in [2.75, 3.05) is 26.2 Å². The molecule has 4 rings (SSSR count). The predicted molar refractivity (Wildman–Crippen MR) is 122 cm³/mol. The minimum atomic E-state index is -4.12. The molecule has 13 heteroatoms. The zero-order valence-corrected chi connectivity index (χ0v) is 18.9. The van der Waals surface area contributed by atoms with Gasteiger partial charge in [-0.1, -0.05) is 12.1 Å². The second-order valence-electron chi connectivity index (χ2n) is 7.66. The van der Waals surface area contributed by atoms with E-state index >= 15 is 0 Å². The highest BCUT2D eigenvalue weighted by atomic mass is 32.2. The van der Waals surface area contributed by atoms with Gasteiger partial charge in [0.25, 0.3) is 11.6 Å². The van der Waals surface area contributed by atoms with E-state index in [1.54, 1.807) is 19.1 Å². The molecule has 2 aromatic carbocycles. The third kappa shape index (κ3) is 3.99. The predicted octanol–water partition coefficient (Wildman–Crippen LogP) is 0.765. The van der Waals surface area contributed by atoms with Gasteiger partial charge in [0.05, 0.1) is 16.0 Å². The fourth-order valence-corrected chi connectivity index (χ4v) is 5.59. The molecule has 34 heavy (non-hydrogen) atoms. The summed E-state index contributed by atoms with van der Waals surface area (Å²) >= 11 is 0. The number of carbonyl (C=O) groups is 1. The van der Waals surface area contributed by atoms with Gasteiger partial charge in [0.1, 0.15) is 0 Å². The van der Waals surface area contributed by atoms with E-state index in [0.29, 0.717) is 17.6 Å². The lowest BCUT2D eigenvalue weighted by atomic mass is 10.1. The molecule has 1 amide bonds. The molecule has 1 saturated heterocycles. The molecule has 0 spiro atoms. The number of aromatic nitrogens is 2. The number of piperazine rings is 1. The largest absolute Gasteiger partial charge is 0.336 e. The summed E-state index contributed by atoms with van der Waals surface area (Å²) in [6, 6.07) is 9.75. The van der Waals surface area contributed by atoms with Gasteiger partial charge in [0.2, 0.25) is 10.0 Å². The second kappa shape index (κ2) is 8.83. The van der Waals surface area contributed by atoms with Crippen LogP contribution in [0.3, 0.4) is 0 Å². The van der Waals surface area contributed by atoms with Crippen molar-refractivity contribution in [3.05, 3.63) is 78.8 Å². The Morgan fingerprint density at radius 1 is 1.09 bits per heavy atom. The molecular weight excluding hydrogens is 466 g/mol. The molecule has 12 nitrogen and oxygen atoms in total. The van der Waals surface area contributed by atoms with Gasteiger partial charge in [-0.25, -0.2) is 8.42 Å². The number of para-hydroxylation sites is 1. The van der Waals surface area contributed by atoms with Gasteiger partial charge in [-0.3, -0.25) is 24.5 Å². The van der Waals surface area contributed by atoms with Crippen molar-refractivity contribution < 1.29 is 18.1 Å². The number of hydrogen-bond donors (Lipinski definition) is 1. The number of nitrogens with zero attached hydrogens (tertiary/aromatic N) is 4. The summed E-state index contributed by atoms with van der Waals surface area (Å²) in [7, 11) is -4.12. The van der Waals surface area contributed by atoms with Crippen molar-refractivity contribution in [3.8, 4) is 0 Å². The van der Waals surface area contributed by atoms with Crippen LogP contribution < -0.4 is 11.1 Å². The summed E-state index contributed by atoms with van der Waals surface area (Å²) < 4.78 is 28.4. The first-order valence-corrected chi connectivity index (χ1v) is 11.9. The zero-order chi connectivity index (χ0) is 24.6. The summed E-state index contributed by atoms with van der Waals surface area (Å²) in [6.07, 6.45) is 0. The third-order valence-corrected chi connectivity index (χ3v) is 7.69. The Hall–Kier alpha value is -3.84. The Balaban J connectivity index is 1.55. The van der Waals surface area contributed by atoms with E-state index in [1.807, 2.05) is 0 Å². The minimum absolute atomic E-state index is 0.0279. The molecule has 1 aliphatic heterocycles. The lowest BCUT2D eigenvalue weighted by Crippen LogP contribution is -2.50. The van der Waals surface area contributed by atoms with E-state index in [9.17, 15) is 32.9 Å². The van der Waals surface area contributed by atoms with E-state index in [0.717, 1.165) is 10.4 Å². The van der Waals surface area contributed by atoms with Crippen LogP contribution in [-0.4, -0.2) is 64.2 Å². The van der Waals surface area contributed by atoms with Crippen LogP contribution in [0.1, 0.15) is 17.3 Å². The lowest BCUT2D eigenvalue weighted by molar-refractivity contribution is -0.387. The molecule has 3 aromatic rings. The normalized spacial score (nSPS) is 14.9. The van der Waals surface area contributed by atoms with E-state index in [1.165, 1.54) is 33.7 Å².